The van der Waals surface area contributed by atoms with E-state index in [4.69, 9.17) is 0 Å². The predicted molar refractivity (Wildman–Crippen MR) is 122 cm³/mol. The van der Waals surface area contributed by atoms with Crippen molar-refractivity contribution in [2.75, 3.05) is 0 Å². The van der Waals surface area contributed by atoms with E-state index >= 15 is 0 Å². The van der Waals surface area contributed by atoms with E-state index < -0.39 is 6.15 Å². The van der Waals surface area contributed by atoms with Crippen molar-refractivity contribution in [3.05, 3.63) is 126 Å². The van der Waals surface area contributed by atoms with Gasteiger partial charge in [0, 0.05) is 5.56 Å². The average molecular weight is 357 g/mol. The molecule has 1 heteroatoms. The van der Waals surface area contributed by atoms with Crippen LogP contribution < -0.4 is 16.4 Å². The van der Waals surface area contributed by atoms with Crippen LogP contribution in [0.5, 0.6) is 0 Å². The van der Waals surface area contributed by atoms with Crippen molar-refractivity contribution in [2.45, 2.75) is 6.92 Å². The minimum Gasteiger partial charge on any atom is -0.292 e. The second-order valence-electron chi connectivity index (χ2n) is 7.23. The lowest BCUT2D eigenvalue weighted by atomic mass is 9.16. The van der Waals surface area contributed by atoms with Crippen LogP contribution in [0, 0.1) is 18.7 Å². The maximum absolute atomic E-state index is 3.73. The first-order valence-corrected chi connectivity index (χ1v) is 9.71. The molecule has 0 saturated heterocycles. The molecule has 0 unspecified atom stereocenters. The molecule has 0 radical (unpaired) electrons. The van der Waals surface area contributed by atoms with Gasteiger partial charge in [0.1, 0.15) is 6.15 Å². The maximum atomic E-state index is 3.73. The van der Waals surface area contributed by atoms with Gasteiger partial charge >= 0.3 is 0 Å². The molecule has 134 valence electrons. The van der Waals surface area contributed by atoms with E-state index in [1.165, 1.54) is 22.0 Å². The summed E-state index contributed by atoms with van der Waals surface area (Å²) in [4.78, 5) is 0. The molecule has 4 aromatic carbocycles. The van der Waals surface area contributed by atoms with Gasteiger partial charge < -0.3 is 0 Å². The van der Waals surface area contributed by atoms with E-state index in [2.05, 4.69) is 134 Å². The first kappa shape index (κ1) is 17.9. The first-order valence-electron chi connectivity index (χ1n) is 9.71. The molecular formula is C27H22B-. The Morgan fingerprint density at radius 1 is 0.500 bits per heavy atom. The molecule has 0 aromatic heterocycles. The Bertz CT molecular complexity index is 990. The summed E-state index contributed by atoms with van der Waals surface area (Å²) in [5.41, 5.74) is 6.00. The van der Waals surface area contributed by atoms with Crippen LogP contribution in [-0.2, 0) is 0 Å². The van der Waals surface area contributed by atoms with Crippen molar-refractivity contribution in [1.29, 1.82) is 0 Å². The molecule has 0 N–H and O–H groups in total. The van der Waals surface area contributed by atoms with E-state index in [0.29, 0.717) is 0 Å². The van der Waals surface area contributed by atoms with Gasteiger partial charge in [0.15, 0.2) is 0 Å². The molecule has 0 aliphatic rings. The minimum atomic E-state index is -1.41. The quantitative estimate of drug-likeness (QED) is 0.383. The molecule has 0 aliphatic heterocycles. The van der Waals surface area contributed by atoms with Crippen molar-refractivity contribution < 1.29 is 0 Å². The van der Waals surface area contributed by atoms with Crippen molar-refractivity contribution in [3.8, 4) is 11.7 Å². The second-order valence-corrected chi connectivity index (χ2v) is 7.23. The van der Waals surface area contributed by atoms with Gasteiger partial charge in [-0.15, -0.1) is 5.92 Å². The van der Waals surface area contributed by atoms with Crippen LogP contribution in [0.2, 0.25) is 0 Å². The molecular weight excluding hydrogens is 335 g/mol. The molecule has 0 heterocycles. The number of hydrogen-bond acceptors (Lipinski definition) is 0. The second kappa shape index (κ2) is 8.03. The van der Waals surface area contributed by atoms with Gasteiger partial charge in [0.05, 0.1) is 0 Å². The zero-order valence-electron chi connectivity index (χ0n) is 16.0. The molecule has 4 rings (SSSR count). The molecule has 0 aliphatic carbocycles. The van der Waals surface area contributed by atoms with Gasteiger partial charge in [-0.25, -0.2) is 0 Å². The van der Waals surface area contributed by atoms with Crippen molar-refractivity contribution >= 4 is 22.5 Å². The Kier molecular flexibility index (Phi) is 5.13. The molecule has 0 bridgehead atoms. The smallest absolute Gasteiger partial charge is 0.149 e. The van der Waals surface area contributed by atoms with E-state index in [0.717, 1.165) is 5.56 Å². The maximum Gasteiger partial charge on any atom is 0.149 e. The summed E-state index contributed by atoms with van der Waals surface area (Å²) in [5, 5.41) is 0. The van der Waals surface area contributed by atoms with Crippen LogP contribution in [0.1, 0.15) is 11.1 Å². The number of benzene rings is 4. The van der Waals surface area contributed by atoms with E-state index in [1.54, 1.807) is 0 Å². The third kappa shape index (κ3) is 3.50. The molecule has 0 nitrogen and oxygen atoms in total. The van der Waals surface area contributed by atoms with Crippen molar-refractivity contribution in [1.82, 2.24) is 0 Å². The third-order valence-corrected chi connectivity index (χ3v) is 5.38. The number of rotatable bonds is 3. The Morgan fingerprint density at radius 3 is 1.29 bits per heavy atom. The summed E-state index contributed by atoms with van der Waals surface area (Å²) in [5.74, 6) is 7.22. The molecule has 4 aromatic rings. The zero-order valence-corrected chi connectivity index (χ0v) is 16.0. The van der Waals surface area contributed by atoms with E-state index in [9.17, 15) is 0 Å². The summed E-state index contributed by atoms with van der Waals surface area (Å²) in [7, 11) is 0. The lowest BCUT2D eigenvalue weighted by molar-refractivity contribution is 1.46. The van der Waals surface area contributed by atoms with Crippen LogP contribution in [0.25, 0.3) is 0 Å². The zero-order chi connectivity index (χ0) is 19.2. The Balaban J connectivity index is 2.00. The van der Waals surface area contributed by atoms with Gasteiger partial charge in [-0.1, -0.05) is 109 Å². The van der Waals surface area contributed by atoms with Crippen LogP contribution in [0.4, 0.5) is 0 Å². The fraction of sp³-hybridized carbons (Fsp3) is 0.0370. The predicted octanol–water partition coefficient (Wildman–Crippen LogP) is 4.06. The third-order valence-electron chi connectivity index (χ3n) is 5.38. The number of hydrogen-bond donors (Lipinski definition) is 0. The van der Waals surface area contributed by atoms with E-state index in [-0.39, 0.29) is 0 Å². The van der Waals surface area contributed by atoms with Gasteiger partial charge in [0.25, 0.3) is 0 Å². The summed E-state index contributed by atoms with van der Waals surface area (Å²) < 4.78 is 0. The summed E-state index contributed by atoms with van der Waals surface area (Å²) in [6, 6.07) is 40.4. The fourth-order valence-corrected chi connectivity index (χ4v) is 3.88. The summed E-state index contributed by atoms with van der Waals surface area (Å²) >= 11 is 0. The Morgan fingerprint density at radius 2 is 0.893 bits per heavy atom. The molecule has 0 spiro atoms. The minimum absolute atomic E-state index is 1.04. The SMILES string of the molecule is Cc1ccc(C#C[B-](c2ccccc2)(c2ccccc2)c2ccccc2)cc1. The van der Waals surface area contributed by atoms with Crippen LogP contribution >= 0.6 is 0 Å². The Hall–Kier alpha value is -3.50. The fourth-order valence-electron chi connectivity index (χ4n) is 3.88. The van der Waals surface area contributed by atoms with Gasteiger partial charge in [-0.3, -0.25) is 5.82 Å². The Labute approximate surface area is 167 Å². The summed E-state index contributed by atoms with van der Waals surface area (Å²) in [6.45, 7) is 2.10. The highest BCUT2D eigenvalue weighted by atomic mass is 14.0. The highest BCUT2D eigenvalue weighted by molar-refractivity contribution is 7.16. The van der Waals surface area contributed by atoms with Gasteiger partial charge in [-0.05, 0) is 19.1 Å². The largest absolute Gasteiger partial charge is 0.292 e. The van der Waals surface area contributed by atoms with Crippen LogP contribution in [0.15, 0.2) is 115 Å². The molecule has 0 saturated carbocycles. The van der Waals surface area contributed by atoms with Gasteiger partial charge in [-0.2, -0.15) is 16.4 Å². The summed E-state index contributed by atoms with van der Waals surface area (Å²) in [6.07, 6.45) is -1.41. The average Bonchev–Trinajstić information content (AvgIpc) is 2.78. The highest BCUT2D eigenvalue weighted by Gasteiger charge is 2.27. The molecule has 0 amide bonds. The van der Waals surface area contributed by atoms with E-state index in [1.807, 2.05) is 0 Å². The highest BCUT2D eigenvalue weighted by Crippen LogP contribution is 2.08. The van der Waals surface area contributed by atoms with Crippen molar-refractivity contribution in [2.24, 2.45) is 0 Å². The monoisotopic (exact) mass is 357 g/mol. The molecule has 28 heavy (non-hydrogen) atoms. The molecule has 0 atom stereocenters. The number of aryl methyl sites for hydroxylation is 1. The van der Waals surface area contributed by atoms with Crippen LogP contribution in [-0.4, -0.2) is 6.15 Å². The lowest BCUT2D eigenvalue weighted by Crippen LogP contribution is -2.66. The standard InChI is InChI=1S/C27H22B/c1-23-17-19-24(20-18-23)21-22-28(25-11-5-2-6-12-25,26-13-7-3-8-14-26)27-15-9-4-10-16-27/h2-20H,1H3/q-1. The first-order chi connectivity index (χ1) is 13.8. The van der Waals surface area contributed by atoms with Crippen molar-refractivity contribution in [3.63, 3.8) is 0 Å². The molecule has 0 fully saturated rings. The van der Waals surface area contributed by atoms with Crippen LogP contribution in [0.3, 0.4) is 0 Å². The van der Waals surface area contributed by atoms with Gasteiger partial charge in [0.2, 0.25) is 0 Å². The topological polar surface area (TPSA) is 0 Å². The lowest BCUT2D eigenvalue weighted by Gasteiger charge is -2.38. The normalized spacial score (nSPS) is 10.8.